The molecule has 5 nitrogen and oxygen atoms in total. The Bertz CT molecular complexity index is 983. The number of fused-ring (bicyclic) bond motifs is 1. The number of alkyl halides is 3. The van der Waals surface area contributed by atoms with Crippen LogP contribution < -0.4 is 5.56 Å². The van der Waals surface area contributed by atoms with Crippen LogP contribution in [-0.4, -0.2) is 28.7 Å². The van der Waals surface area contributed by atoms with E-state index >= 15 is 0 Å². The minimum atomic E-state index is -4.52. The van der Waals surface area contributed by atoms with Gasteiger partial charge in [-0.2, -0.15) is 13.2 Å². The smallest absolute Gasteiger partial charge is 0.385 e. The predicted octanol–water partition coefficient (Wildman–Crippen LogP) is 3.58. The molecule has 0 aliphatic carbocycles. The van der Waals surface area contributed by atoms with Crippen molar-refractivity contribution in [3.8, 4) is 11.3 Å². The number of H-pyrrole nitrogens is 1. The zero-order valence-electron chi connectivity index (χ0n) is 13.9. The monoisotopic (exact) mass is 363 g/mol. The average Bonchev–Trinajstić information content (AvgIpc) is 2.61. The highest BCUT2D eigenvalue weighted by Crippen LogP contribution is 2.36. The fourth-order valence-corrected chi connectivity index (χ4v) is 2.70. The van der Waals surface area contributed by atoms with Crippen molar-refractivity contribution in [3.05, 3.63) is 58.3 Å². The Kier molecular flexibility index (Phi) is 5.03. The summed E-state index contributed by atoms with van der Waals surface area (Å²) in [4.78, 5) is 23.1. The molecule has 0 saturated carbocycles. The number of pyridine rings is 1. The molecule has 0 amide bonds. The third-order valence-electron chi connectivity index (χ3n) is 3.90. The molecule has 1 aromatic carbocycles. The number of benzene rings is 1. The van der Waals surface area contributed by atoms with Gasteiger partial charge in [-0.25, -0.2) is 4.98 Å². The SMILES string of the molecule is COCCCc1nc2cc(-c3ncccc3C(F)(F)F)ccc2c(=O)[nH]1. The molecule has 0 aliphatic heterocycles. The Balaban J connectivity index is 2.08. The van der Waals surface area contributed by atoms with Gasteiger partial charge in [0, 0.05) is 31.9 Å². The molecule has 8 heteroatoms. The third-order valence-corrected chi connectivity index (χ3v) is 3.90. The van der Waals surface area contributed by atoms with Crippen molar-refractivity contribution in [3.63, 3.8) is 0 Å². The van der Waals surface area contributed by atoms with Gasteiger partial charge in [0.05, 0.1) is 22.2 Å². The van der Waals surface area contributed by atoms with Gasteiger partial charge in [0.1, 0.15) is 5.82 Å². The van der Waals surface area contributed by atoms with Gasteiger partial charge in [-0.05, 0) is 30.7 Å². The number of rotatable bonds is 5. The first-order valence-corrected chi connectivity index (χ1v) is 7.94. The average molecular weight is 363 g/mol. The first-order chi connectivity index (χ1) is 12.4. The Morgan fingerprint density at radius 3 is 2.77 bits per heavy atom. The number of hydrogen-bond donors (Lipinski definition) is 1. The summed E-state index contributed by atoms with van der Waals surface area (Å²) in [6.45, 7) is 0.519. The van der Waals surface area contributed by atoms with Crippen molar-refractivity contribution in [1.29, 1.82) is 0 Å². The standard InChI is InChI=1S/C18H16F3N3O2/c1-26-9-3-5-15-23-14-10-11(6-7-12(14)17(25)24-15)16-13(18(19,20)21)4-2-8-22-16/h2,4,6-8,10H,3,5,9H2,1H3,(H,23,24,25). The molecule has 3 rings (SSSR count). The molecule has 1 N–H and O–H groups in total. The molecule has 0 radical (unpaired) electrons. The second-order valence-electron chi connectivity index (χ2n) is 5.74. The van der Waals surface area contributed by atoms with Crippen LogP contribution in [0.1, 0.15) is 17.8 Å². The number of ether oxygens (including phenoxy) is 1. The molecule has 3 aromatic rings. The zero-order valence-corrected chi connectivity index (χ0v) is 13.9. The number of methoxy groups -OCH3 is 1. The largest absolute Gasteiger partial charge is 0.418 e. The molecule has 0 aliphatic rings. The van der Waals surface area contributed by atoms with E-state index < -0.39 is 11.7 Å². The molecule has 0 unspecified atom stereocenters. The lowest BCUT2D eigenvalue weighted by molar-refractivity contribution is -0.137. The Hall–Kier alpha value is -2.74. The van der Waals surface area contributed by atoms with Crippen LogP contribution in [0.15, 0.2) is 41.3 Å². The van der Waals surface area contributed by atoms with Gasteiger partial charge in [0.25, 0.3) is 5.56 Å². The van der Waals surface area contributed by atoms with Gasteiger partial charge in [-0.1, -0.05) is 6.07 Å². The third kappa shape index (κ3) is 3.75. The molecular weight excluding hydrogens is 347 g/mol. The van der Waals surface area contributed by atoms with Crippen LogP contribution in [0.5, 0.6) is 0 Å². The van der Waals surface area contributed by atoms with Crippen LogP contribution in [0.3, 0.4) is 0 Å². The summed E-state index contributed by atoms with van der Waals surface area (Å²) in [5.41, 5.74) is -0.760. The predicted molar refractivity (Wildman–Crippen MR) is 90.8 cm³/mol. The maximum atomic E-state index is 13.2. The van der Waals surface area contributed by atoms with Crippen molar-refractivity contribution < 1.29 is 17.9 Å². The molecule has 26 heavy (non-hydrogen) atoms. The maximum Gasteiger partial charge on any atom is 0.418 e. The highest BCUT2D eigenvalue weighted by Gasteiger charge is 2.34. The minimum Gasteiger partial charge on any atom is -0.385 e. The van der Waals surface area contributed by atoms with E-state index in [0.29, 0.717) is 36.2 Å². The Morgan fingerprint density at radius 1 is 1.23 bits per heavy atom. The molecular formula is C18H16F3N3O2. The number of hydrogen-bond acceptors (Lipinski definition) is 4. The van der Waals surface area contributed by atoms with Crippen LogP contribution in [0, 0.1) is 0 Å². The van der Waals surface area contributed by atoms with E-state index in [1.54, 1.807) is 7.11 Å². The zero-order chi connectivity index (χ0) is 18.7. The fraction of sp³-hybridized carbons (Fsp3) is 0.278. The molecule has 136 valence electrons. The second-order valence-corrected chi connectivity index (χ2v) is 5.74. The van der Waals surface area contributed by atoms with E-state index in [-0.39, 0.29) is 16.8 Å². The topological polar surface area (TPSA) is 67.9 Å². The van der Waals surface area contributed by atoms with E-state index in [9.17, 15) is 18.0 Å². The maximum absolute atomic E-state index is 13.2. The molecule has 0 spiro atoms. The summed E-state index contributed by atoms with van der Waals surface area (Å²) in [6, 6.07) is 6.59. The van der Waals surface area contributed by atoms with Crippen LogP contribution in [0.4, 0.5) is 13.2 Å². The van der Waals surface area contributed by atoms with Crippen LogP contribution in [-0.2, 0) is 17.3 Å². The van der Waals surface area contributed by atoms with Gasteiger partial charge in [-0.15, -0.1) is 0 Å². The van der Waals surface area contributed by atoms with E-state index in [1.165, 1.54) is 30.5 Å². The summed E-state index contributed by atoms with van der Waals surface area (Å²) >= 11 is 0. The van der Waals surface area contributed by atoms with Crippen LogP contribution in [0.25, 0.3) is 22.2 Å². The minimum absolute atomic E-state index is 0.190. The van der Waals surface area contributed by atoms with Gasteiger partial charge < -0.3 is 9.72 Å². The summed E-state index contributed by atoms with van der Waals surface area (Å²) < 4.78 is 44.6. The molecule has 0 fully saturated rings. The van der Waals surface area contributed by atoms with Crippen molar-refractivity contribution in [1.82, 2.24) is 15.0 Å². The number of aromatic nitrogens is 3. The summed E-state index contributed by atoms with van der Waals surface area (Å²) in [5.74, 6) is 0.466. The van der Waals surface area contributed by atoms with E-state index in [0.717, 1.165) is 6.07 Å². The van der Waals surface area contributed by atoms with Crippen molar-refractivity contribution >= 4 is 10.9 Å². The molecule has 0 atom stereocenters. The summed E-state index contributed by atoms with van der Waals surface area (Å²) in [5, 5.41) is 0.314. The van der Waals surface area contributed by atoms with Gasteiger partial charge in [0.15, 0.2) is 0 Å². The molecule has 0 bridgehead atoms. The van der Waals surface area contributed by atoms with Crippen molar-refractivity contribution in [2.24, 2.45) is 0 Å². The number of nitrogens with one attached hydrogen (secondary N) is 1. The van der Waals surface area contributed by atoms with E-state index in [4.69, 9.17) is 4.74 Å². The molecule has 2 aromatic heterocycles. The van der Waals surface area contributed by atoms with Crippen LogP contribution in [0.2, 0.25) is 0 Å². The molecule has 0 saturated heterocycles. The first kappa shape index (κ1) is 18.1. The molecule has 2 heterocycles. The highest BCUT2D eigenvalue weighted by atomic mass is 19.4. The van der Waals surface area contributed by atoms with Gasteiger partial charge in [0.2, 0.25) is 0 Å². The first-order valence-electron chi connectivity index (χ1n) is 7.94. The second kappa shape index (κ2) is 7.25. The van der Waals surface area contributed by atoms with E-state index in [1.807, 2.05) is 0 Å². The normalized spacial score (nSPS) is 11.8. The number of aryl methyl sites for hydroxylation is 1. The lowest BCUT2D eigenvalue weighted by Gasteiger charge is -2.12. The fourth-order valence-electron chi connectivity index (χ4n) is 2.70. The van der Waals surface area contributed by atoms with E-state index in [2.05, 4.69) is 15.0 Å². The highest BCUT2D eigenvalue weighted by molar-refractivity contribution is 5.83. The lowest BCUT2D eigenvalue weighted by atomic mass is 10.0. The van der Waals surface area contributed by atoms with Gasteiger partial charge >= 0.3 is 6.18 Å². The van der Waals surface area contributed by atoms with Crippen molar-refractivity contribution in [2.75, 3.05) is 13.7 Å². The number of aromatic amines is 1. The quantitative estimate of drug-likeness (QED) is 0.704. The Labute approximate surface area is 146 Å². The lowest BCUT2D eigenvalue weighted by Crippen LogP contribution is -2.13. The Morgan fingerprint density at radius 2 is 2.04 bits per heavy atom. The number of nitrogens with zero attached hydrogens (tertiary/aromatic N) is 2. The summed E-state index contributed by atoms with van der Waals surface area (Å²) in [7, 11) is 1.58. The summed E-state index contributed by atoms with van der Waals surface area (Å²) in [6.07, 6.45) is -2.05. The van der Waals surface area contributed by atoms with Gasteiger partial charge in [-0.3, -0.25) is 9.78 Å². The van der Waals surface area contributed by atoms with Crippen molar-refractivity contribution in [2.45, 2.75) is 19.0 Å². The number of halogens is 3. The van der Waals surface area contributed by atoms with Crippen LogP contribution >= 0.6 is 0 Å².